The number of benzene rings is 1. The van der Waals surface area contributed by atoms with E-state index in [9.17, 15) is 0 Å². The van der Waals surface area contributed by atoms with E-state index in [2.05, 4.69) is 15.2 Å². The maximum atomic E-state index is 6.07. The van der Waals surface area contributed by atoms with Gasteiger partial charge in [-0.05, 0) is 19.1 Å². The van der Waals surface area contributed by atoms with Gasteiger partial charge in [-0.1, -0.05) is 29.3 Å². The molecule has 0 atom stereocenters. The van der Waals surface area contributed by atoms with Crippen molar-refractivity contribution in [3.8, 4) is 0 Å². The second-order valence-electron chi connectivity index (χ2n) is 3.42. The first kappa shape index (κ1) is 9.81. The highest BCUT2D eigenvalue weighted by Crippen LogP contribution is 2.26. The summed E-state index contributed by atoms with van der Waals surface area (Å²) in [4.78, 5) is 4.23. The predicted octanol–water partition coefficient (Wildman–Crippen LogP) is 2.89. The van der Waals surface area contributed by atoms with Crippen LogP contribution in [0.2, 0.25) is 10.2 Å². The first-order valence-electron chi connectivity index (χ1n) is 4.64. The fraction of sp³-hybridized carbons (Fsp3) is 0.100. The largest absolute Gasteiger partial charge is 0.275 e. The molecule has 0 saturated heterocycles. The molecule has 6 heteroatoms. The third kappa shape index (κ3) is 1.20. The Morgan fingerprint density at radius 1 is 1.19 bits per heavy atom. The van der Waals surface area contributed by atoms with Crippen LogP contribution in [-0.4, -0.2) is 19.6 Å². The van der Waals surface area contributed by atoms with Crippen LogP contribution in [0.25, 0.3) is 16.7 Å². The predicted molar refractivity (Wildman–Crippen MR) is 63.0 cm³/mol. The standard InChI is InChI=1S/C10H6Cl2N4/c1-5-14-15-10-9(12)13-8-6(11)3-2-4-7(8)16(5)10/h2-4H,1H3. The molecule has 4 nitrogen and oxygen atoms in total. The zero-order valence-corrected chi connectivity index (χ0v) is 9.79. The minimum atomic E-state index is 0.307. The molecule has 0 radical (unpaired) electrons. The van der Waals surface area contributed by atoms with Crippen molar-refractivity contribution in [2.24, 2.45) is 0 Å². The van der Waals surface area contributed by atoms with Crippen LogP contribution in [0.4, 0.5) is 0 Å². The SMILES string of the molecule is Cc1nnc2c(Cl)nc3c(Cl)cccc3n12. The summed E-state index contributed by atoms with van der Waals surface area (Å²) in [6.07, 6.45) is 0. The van der Waals surface area contributed by atoms with Gasteiger partial charge in [-0.3, -0.25) is 4.40 Å². The third-order valence-corrected chi connectivity index (χ3v) is 2.98. The minimum Gasteiger partial charge on any atom is -0.275 e. The van der Waals surface area contributed by atoms with Crippen molar-refractivity contribution in [3.63, 3.8) is 0 Å². The lowest BCUT2D eigenvalue weighted by molar-refractivity contribution is 1.02. The summed E-state index contributed by atoms with van der Waals surface area (Å²) in [5.41, 5.74) is 2.06. The van der Waals surface area contributed by atoms with E-state index in [4.69, 9.17) is 23.2 Å². The normalized spacial score (nSPS) is 11.4. The summed E-state index contributed by atoms with van der Waals surface area (Å²) < 4.78 is 1.84. The second-order valence-corrected chi connectivity index (χ2v) is 4.18. The quantitative estimate of drug-likeness (QED) is 0.618. The maximum Gasteiger partial charge on any atom is 0.199 e. The van der Waals surface area contributed by atoms with Gasteiger partial charge < -0.3 is 0 Å². The van der Waals surface area contributed by atoms with Crippen LogP contribution in [-0.2, 0) is 0 Å². The van der Waals surface area contributed by atoms with Crippen molar-refractivity contribution in [1.29, 1.82) is 0 Å². The molecule has 0 aliphatic carbocycles. The van der Waals surface area contributed by atoms with E-state index in [1.165, 1.54) is 0 Å². The van der Waals surface area contributed by atoms with Crippen molar-refractivity contribution < 1.29 is 0 Å². The van der Waals surface area contributed by atoms with Crippen molar-refractivity contribution in [2.75, 3.05) is 0 Å². The van der Waals surface area contributed by atoms with Crippen LogP contribution in [0.1, 0.15) is 5.82 Å². The van der Waals surface area contributed by atoms with Crippen LogP contribution >= 0.6 is 23.2 Å². The van der Waals surface area contributed by atoms with Crippen molar-refractivity contribution in [3.05, 3.63) is 34.2 Å². The molecule has 0 aliphatic rings. The molecule has 1 aromatic carbocycles. The van der Waals surface area contributed by atoms with Crippen LogP contribution in [0.5, 0.6) is 0 Å². The first-order chi connectivity index (χ1) is 7.68. The first-order valence-corrected chi connectivity index (χ1v) is 5.39. The molecule has 16 heavy (non-hydrogen) atoms. The summed E-state index contributed by atoms with van der Waals surface area (Å²) in [5, 5.41) is 8.83. The topological polar surface area (TPSA) is 43.1 Å². The Hall–Kier alpha value is -1.39. The molecule has 0 bridgehead atoms. The van der Waals surface area contributed by atoms with E-state index in [-0.39, 0.29) is 0 Å². The average Bonchev–Trinajstić information content (AvgIpc) is 2.64. The highest BCUT2D eigenvalue weighted by Gasteiger charge is 2.12. The number of aryl methyl sites for hydroxylation is 1. The van der Waals surface area contributed by atoms with Gasteiger partial charge in [0.2, 0.25) is 0 Å². The van der Waals surface area contributed by atoms with E-state index in [0.29, 0.717) is 21.3 Å². The van der Waals surface area contributed by atoms with Gasteiger partial charge >= 0.3 is 0 Å². The molecule has 0 spiro atoms. The number of nitrogens with zero attached hydrogens (tertiary/aromatic N) is 4. The molecule has 2 aromatic heterocycles. The third-order valence-electron chi connectivity index (χ3n) is 2.43. The lowest BCUT2D eigenvalue weighted by Crippen LogP contribution is -1.95. The zero-order valence-electron chi connectivity index (χ0n) is 8.28. The van der Waals surface area contributed by atoms with Crippen molar-refractivity contribution in [1.82, 2.24) is 19.6 Å². The van der Waals surface area contributed by atoms with Gasteiger partial charge in [0.1, 0.15) is 11.3 Å². The molecule has 0 amide bonds. The minimum absolute atomic E-state index is 0.307. The van der Waals surface area contributed by atoms with Gasteiger partial charge in [0.15, 0.2) is 10.8 Å². The van der Waals surface area contributed by atoms with E-state index < -0.39 is 0 Å². The van der Waals surface area contributed by atoms with E-state index in [1.807, 2.05) is 23.5 Å². The number of aromatic nitrogens is 4. The second kappa shape index (κ2) is 3.30. The molecule has 2 heterocycles. The van der Waals surface area contributed by atoms with Gasteiger partial charge in [-0.25, -0.2) is 4.98 Å². The molecule has 80 valence electrons. The van der Waals surface area contributed by atoms with Gasteiger partial charge in [0.05, 0.1) is 10.5 Å². The summed E-state index contributed by atoms with van der Waals surface area (Å²) in [6, 6.07) is 5.55. The number of halogens is 2. The number of rotatable bonds is 0. The molecule has 0 aliphatic heterocycles. The number of fused-ring (bicyclic) bond motifs is 3. The van der Waals surface area contributed by atoms with Gasteiger partial charge in [0, 0.05) is 0 Å². The van der Waals surface area contributed by atoms with E-state index >= 15 is 0 Å². The van der Waals surface area contributed by atoms with E-state index in [0.717, 1.165) is 11.3 Å². The Morgan fingerprint density at radius 2 is 2.00 bits per heavy atom. The monoisotopic (exact) mass is 252 g/mol. The summed E-state index contributed by atoms with van der Waals surface area (Å²) in [6.45, 7) is 1.86. The molecule has 0 N–H and O–H groups in total. The molecule has 0 saturated carbocycles. The van der Waals surface area contributed by atoms with E-state index in [1.54, 1.807) is 6.07 Å². The highest BCUT2D eigenvalue weighted by atomic mass is 35.5. The molecule has 0 unspecified atom stereocenters. The Kier molecular flexibility index (Phi) is 2.02. The summed E-state index contributed by atoms with van der Waals surface area (Å²) in [7, 11) is 0. The van der Waals surface area contributed by atoms with Crippen LogP contribution < -0.4 is 0 Å². The number of hydrogen-bond donors (Lipinski definition) is 0. The van der Waals surface area contributed by atoms with Crippen molar-refractivity contribution >= 4 is 39.9 Å². The van der Waals surface area contributed by atoms with Gasteiger partial charge in [0.25, 0.3) is 0 Å². The number of para-hydroxylation sites is 1. The fourth-order valence-electron chi connectivity index (χ4n) is 1.73. The lowest BCUT2D eigenvalue weighted by atomic mass is 10.3. The lowest BCUT2D eigenvalue weighted by Gasteiger charge is -2.04. The Balaban J connectivity index is 2.68. The molecule has 3 aromatic rings. The highest BCUT2D eigenvalue weighted by molar-refractivity contribution is 6.36. The van der Waals surface area contributed by atoms with Gasteiger partial charge in [-0.15, -0.1) is 10.2 Å². The zero-order chi connectivity index (χ0) is 11.3. The van der Waals surface area contributed by atoms with Gasteiger partial charge in [-0.2, -0.15) is 0 Å². The number of hydrogen-bond acceptors (Lipinski definition) is 3. The fourth-order valence-corrected chi connectivity index (χ4v) is 2.15. The smallest absolute Gasteiger partial charge is 0.199 e. The van der Waals surface area contributed by atoms with Crippen molar-refractivity contribution in [2.45, 2.75) is 6.92 Å². The Labute approximate surface area is 101 Å². The Morgan fingerprint density at radius 3 is 2.81 bits per heavy atom. The Bertz CT molecular complexity index is 705. The van der Waals surface area contributed by atoms with Crippen LogP contribution in [0, 0.1) is 6.92 Å². The molecule has 3 rings (SSSR count). The molecule has 0 fully saturated rings. The molecular weight excluding hydrogens is 247 g/mol. The summed E-state index contributed by atoms with van der Waals surface area (Å²) >= 11 is 12.1. The van der Waals surface area contributed by atoms with Crippen LogP contribution in [0.15, 0.2) is 18.2 Å². The van der Waals surface area contributed by atoms with Crippen LogP contribution in [0.3, 0.4) is 0 Å². The molecular formula is C10H6Cl2N4. The maximum absolute atomic E-state index is 6.07. The average molecular weight is 253 g/mol. The summed E-state index contributed by atoms with van der Waals surface area (Å²) in [5.74, 6) is 0.756.